The molecule has 3 rings (SSSR count). The molecule has 0 saturated carbocycles. The van der Waals surface area contributed by atoms with Crippen LogP contribution in [0, 0.1) is 6.92 Å². The van der Waals surface area contributed by atoms with Crippen LogP contribution in [-0.2, 0) is 16.1 Å². The summed E-state index contributed by atoms with van der Waals surface area (Å²) in [6.07, 6.45) is -4.53. The highest BCUT2D eigenvalue weighted by Gasteiger charge is 2.25. The highest BCUT2D eigenvalue weighted by atomic mass is 19.4. The Balaban J connectivity index is 1.61. The topological polar surface area (TPSA) is 67.8 Å². The van der Waals surface area contributed by atoms with Gasteiger partial charge in [-0.2, -0.15) is 13.2 Å². The maximum Gasteiger partial charge on any atom is 0.392 e. The zero-order valence-electron chi connectivity index (χ0n) is 19.1. The summed E-state index contributed by atoms with van der Waals surface area (Å²) in [6.45, 7) is 1.93. The summed E-state index contributed by atoms with van der Waals surface area (Å²) in [7, 11) is 0. The lowest BCUT2D eigenvalue weighted by atomic mass is 10.0. The van der Waals surface area contributed by atoms with Gasteiger partial charge in [0, 0.05) is 0 Å². The minimum absolute atomic E-state index is 0.0497. The zero-order valence-corrected chi connectivity index (χ0v) is 19.1. The van der Waals surface area contributed by atoms with E-state index >= 15 is 0 Å². The smallest absolute Gasteiger partial charge is 0.392 e. The number of hydroxylamine groups is 1. The molecule has 184 valence electrons. The second-order valence-corrected chi connectivity index (χ2v) is 7.79. The van der Waals surface area contributed by atoms with Gasteiger partial charge in [-0.1, -0.05) is 66.7 Å². The number of alkyl halides is 3. The predicted molar refractivity (Wildman–Crippen MR) is 128 cm³/mol. The summed E-state index contributed by atoms with van der Waals surface area (Å²) >= 11 is 0. The Morgan fingerprint density at radius 2 is 1.63 bits per heavy atom. The normalized spacial score (nSPS) is 11.8. The molecule has 0 radical (unpaired) electrons. The third-order valence-corrected chi connectivity index (χ3v) is 5.20. The molecule has 0 aliphatic carbocycles. The van der Waals surface area contributed by atoms with Crippen LogP contribution in [0.5, 0.6) is 5.75 Å². The molecule has 3 aromatic rings. The number of aliphatic carboxylic acids is 1. The number of benzene rings is 3. The van der Waals surface area contributed by atoms with Gasteiger partial charge in [0.25, 0.3) is 0 Å². The van der Waals surface area contributed by atoms with Crippen LogP contribution in [-0.4, -0.2) is 30.5 Å². The van der Waals surface area contributed by atoms with Gasteiger partial charge in [-0.3, -0.25) is 15.1 Å². The van der Waals surface area contributed by atoms with E-state index in [-0.39, 0.29) is 25.3 Å². The van der Waals surface area contributed by atoms with Gasteiger partial charge in [0.05, 0.1) is 18.5 Å². The highest BCUT2D eigenvalue weighted by molar-refractivity contribution is 5.71. The molecule has 0 fully saturated rings. The van der Waals surface area contributed by atoms with E-state index in [0.717, 1.165) is 17.2 Å². The van der Waals surface area contributed by atoms with E-state index in [1.54, 1.807) is 37.3 Å². The lowest BCUT2D eigenvalue weighted by molar-refractivity contribution is -0.136. The van der Waals surface area contributed by atoms with Crippen molar-refractivity contribution in [1.82, 2.24) is 5.48 Å². The molecule has 0 atom stereocenters. The Morgan fingerprint density at radius 3 is 2.29 bits per heavy atom. The van der Waals surface area contributed by atoms with Crippen LogP contribution in [0.25, 0.3) is 16.8 Å². The van der Waals surface area contributed by atoms with Crippen molar-refractivity contribution in [3.05, 3.63) is 95.6 Å². The van der Waals surface area contributed by atoms with E-state index < -0.39 is 18.6 Å². The first-order valence-corrected chi connectivity index (χ1v) is 11.0. The fourth-order valence-corrected chi connectivity index (χ4v) is 3.40. The van der Waals surface area contributed by atoms with Crippen molar-refractivity contribution >= 4 is 11.7 Å². The molecule has 0 aliphatic heterocycles. The average molecular weight is 486 g/mol. The molecule has 0 spiro atoms. The first kappa shape index (κ1) is 25.8. The van der Waals surface area contributed by atoms with Gasteiger partial charge in [0.15, 0.2) is 0 Å². The second-order valence-electron chi connectivity index (χ2n) is 7.79. The number of allylic oxidation sites excluding steroid dienone is 1. The Bertz CT molecular complexity index is 1140. The summed E-state index contributed by atoms with van der Waals surface area (Å²) in [5.74, 6) is -0.413. The number of hydrogen-bond donors (Lipinski definition) is 2. The van der Waals surface area contributed by atoms with Crippen LogP contribution < -0.4 is 10.2 Å². The second kappa shape index (κ2) is 12.1. The van der Waals surface area contributed by atoms with E-state index in [0.29, 0.717) is 22.4 Å². The third kappa shape index (κ3) is 8.19. The number of carbonyl (C=O) groups is 1. The lowest BCUT2D eigenvalue weighted by Crippen LogP contribution is -2.19. The zero-order chi connectivity index (χ0) is 25.3. The SMILES string of the molecule is Cc1c(CC(=O)O)cccc1OCCONC(=CCC(F)(F)F)c1ccc(-c2ccccc2)cc1. The minimum Gasteiger partial charge on any atom is -0.491 e. The van der Waals surface area contributed by atoms with Crippen LogP contribution in [0.4, 0.5) is 13.2 Å². The molecule has 0 aromatic heterocycles. The maximum absolute atomic E-state index is 12.8. The molecule has 5 nitrogen and oxygen atoms in total. The molecule has 0 heterocycles. The van der Waals surface area contributed by atoms with Gasteiger partial charge in [0.1, 0.15) is 19.0 Å². The fourth-order valence-electron chi connectivity index (χ4n) is 3.40. The number of rotatable bonds is 11. The molecule has 3 aromatic carbocycles. The van der Waals surface area contributed by atoms with Crippen molar-refractivity contribution in [2.45, 2.75) is 25.9 Å². The van der Waals surface area contributed by atoms with Crippen molar-refractivity contribution in [1.29, 1.82) is 0 Å². The Kier molecular flexibility index (Phi) is 8.92. The van der Waals surface area contributed by atoms with Gasteiger partial charge in [0.2, 0.25) is 0 Å². The van der Waals surface area contributed by atoms with E-state index in [1.165, 1.54) is 0 Å². The van der Waals surface area contributed by atoms with E-state index in [2.05, 4.69) is 5.48 Å². The van der Waals surface area contributed by atoms with Crippen LogP contribution in [0.3, 0.4) is 0 Å². The molecular formula is C27H26F3NO4. The number of ether oxygens (including phenoxy) is 1. The largest absolute Gasteiger partial charge is 0.491 e. The van der Waals surface area contributed by atoms with Gasteiger partial charge in [-0.05, 0) is 46.9 Å². The van der Waals surface area contributed by atoms with Crippen LogP contribution in [0.15, 0.2) is 78.9 Å². The number of hydrogen-bond acceptors (Lipinski definition) is 4. The van der Waals surface area contributed by atoms with Crippen molar-refractivity contribution in [3.63, 3.8) is 0 Å². The number of carboxylic acid groups (broad SMARTS) is 1. The molecule has 0 aliphatic rings. The molecule has 0 unspecified atom stereocenters. The summed E-state index contributed by atoms with van der Waals surface area (Å²) < 4.78 is 44.2. The fraction of sp³-hybridized carbons (Fsp3) is 0.222. The standard InChI is InChI=1S/C27H26F3NO4/c1-19-23(18-26(32)33)8-5-9-25(19)34-16-17-35-31-24(14-15-27(28,29)30)22-12-10-21(11-13-22)20-6-3-2-4-7-20/h2-14,31H,15-18H2,1H3,(H,32,33). The molecular weight excluding hydrogens is 459 g/mol. The lowest BCUT2D eigenvalue weighted by Gasteiger charge is -2.15. The summed E-state index contributed by atoms with van der Waals surface area (Å²) in [5, 5.41) is 9.00. The van der Waals surface area contributed by atoms with Gasteiger partial charge < -0.3 is 9.84 Å². The Morgan fingerprint density at radius 1 is 0.943 bits per heavy atom. The van der Waals surface area contributed by atoms with Gasteiger partial charge in [-0.15, -0.1) is 0 Å². The summed E-state index contributed by atoms with van der Waals surface area (Å²) in [6, 6.07) is 21.9. The third-order valence-electron chi connectivity index (χ3n) is 5.20. The van der Waals surface area contributed by atoms with Gasteiger partial charge in [-0.25, -0.2) is 0 Å². The van der Waals surface area contributed by atoms with Crippen LogP contribution in [0.1, 0.15) is 23.1 Å². The Labute approximate surface area is 201 Å². The van der Waals surface area contributed by atoms with Crippen LogP contribution in [0.2, 0.25) is 0 Å². The quantitative estimate of drug-likeness (QED) is 0.251. The summed E-state index contributed by atoms with van der Waals surface area (Å²) in [4.78, 5) is 16.4. The molecule has 2 N–H and O–H groups in total. The monoisotopic (exact) mass is 485 g/mol. The molecule has 8 heteroatoms. The summed E-state index contributed by atoms with van der Waals surface area (Å²) in [5.41, 5.74) is 6.66. The van der Waals surface area contributed by atoms with Crippen molar-refractivity contribution in [3.8, 4) is 16.9 Å². The number of nitrogens with one attached hydrogen (secondary N) is 1. The Hall–Kier alpha value is -3.78. The first-order chi connectivity index (χ1) is 16.7. The highest BCUT2D eigenvalue weighted by Crippen LogP contribution is 2.25. The predicted octanol–water partition coefficient (Wildman–Crippen LogP) is 6.18. The number of carboxylic acids is 1. The van der Waals surface area contributed by atoms with Crippen molar-refractivity contribution in [2.75, 3.05) is 13.2 Å². The van der Waals surface area contributed by atoms with E-state index in [4.69, 9.17) is 14.7 Å². The molecule has 0 saturated heterocycles. The van der Waals surface area contributed by atoms with Crippen molar-refractivity contribution in [2.24, 2.45) is 0 Å². The molecule has 0 bridgehead atoms. The molecule has 0 amide bonds. The van der Waals surface area contributed by atoms with Crippen molar-refractivity contribution < 1.29 is 32.6 Å². The average Bonchev–Trinajstić information content (AvgIpc) is 2.83. The first-order valence-electron chi connectivity index (χ1n) is 11.0. The maximum atomic E-state index is 12.8. The molecule has 35 heavy (non-hydrogen) atoms. The van der Waals surface area contributed by atoms with Gasteiger partial charge >= 0.3 is 12.1 Å². The van der Waals surface area contributed by atoms with E-state index in [9.17, 15) is 18.0 Å². The van der Waals surface area contributed by atoms with Crippen LogP contribution >= 0.6 is 0 Å². The minimum atomic E-state index is -4.35. The van der Waals surface area contributed by atoms with E-state index in [1.807, 2.05) is 42.5 Å². The number of halogens is 3.